The number of thioether (sulfide) groups is 1. The van der Waals surface area contributed by atoms with Crippen LogP contribution in [0.1, 0.15) is 6.92 Å². The van der Waals surface area contributed by atoms with E-state index >= 15 is 0 Å². The van der Waals surface area contributed by atoms with Crippen molar-refractivity contribution < 1.29 is 19.1 Å². The third-order valence-corrected chi connectivity index (χ3v) is 5.86. The van der Waals surface area contributed by atoms with Crippen molar-refractivity contribution in [3.63, 3.8) is 0 Å². The van der Waals surface area contributed by atoms with Gasteiger partial charge in [0.2, 0.25) is 0 Å². The van der Waals surface area contributed by atoms with Crippen LogP contribution in [0.4, 0.5) is 0 Å². The van der Waals surface area contributed by atoms with Crippen LogP contribution in [-0.2, 0) is 19.1 Å². The summed E-state index contributed by atoms with van der Waals surface area (Å²) in [5.74, 6) is -1.82. The molecule has 0 N–H and O–H groups in total. The lowest BCUT2D eigenvalue weighted by atomic mass is 9.73. The van der Waals surface area contributed by atoms with E-state index in [9.17, 15) is 9.59 Å². The number of hydrogen-bond acceptors (Lipinski definition) is 5. The number of carbonyl (C=O) groups excluding carboxylic acids is 2. The Hall–Kier alpha value is 0.0300. The molecule has 0 aromatic rings. The number of fused-ring (bicyclic) bond motifs is 1. The van der Waals surface area contributed by atoms with Crippen molar-refractivity contribution in [2.45, 2.75) is 21.9 Å². The Morgan fingerprint density at radius 1 is 1.53 bits per heavy atom. The van der Waals surface area contributed by atoms with Gasteiger partial charge in [-0.3, -0.25) is 9.59 Å². The Morgan fingerprint density at radius 2 is 2.18 bits per heavy atom. The number of halogens is 2. The monoisotopic (exact) mass is 298 g/mol. The van der Waals surface area contributed by atoms with Crippen molar-refractivity contribution in [1.29, 1.82) is 0 Å². The second kappa shape index (κ2) is 4.61. The van der Waals surface area contributed by atoms with Crippen molar-refractivity contribution in [2.75, 3.05) is 13.7 Å². The van der Waals surface area contributed by atoms with E-state index in [2.05, 4.69) is 0 Å². The van der Waals surface area contributed by atoms with Crippen LogP contribution in [-0.4, -0.2) is 40.5 Å². The second-order valence-corrected chi connectivity index (χ2v) is 6.58. The molecule has 0 amide bonds. The van der Waals surface area contributed by atoms with Crippen LogP contribution in [0.2, 0.25) is 0 Å². The first-order chi connectivity index (χ1) is 7.95. The fourth-order valence-corrected chi connectivity index (χ4v) is 4.68. The van der Waals surface area contributed by atoms with Crippen molar-refractivity contribution >= 4 is 46.7 Å². The summed E-state index contributed by atoms with van der Waals surface area (Å²) in [6.45, 7) is 1.99. The van der Waals surface area contributed by atoms with E-state index in [1.165, 1.54) is 18.9 Å². The summed E-state index contributed by atoms with van der Waals surface area (Å²) in [7, 11) is 1.49. The largest absolute Gasteiger partial charge is 0.466 e. The highest BCUT2D eigenvalue weighted by Crippen LogP contribution is 2.60. The van der Waals surface area contributed by atoms with E-state index in [0.29, 0.717) is 0 Å². The fraction of sp³-hybridized carbons (Fsp3) is 0.800. The normalized spacial score (nSPS) is 38.5. The number of carbonyl (C=O) groups is 2. The van der Waals surface area contributed by atoms with Crippen molar-refractivity contribution in [3.05, 3.63) is 0 Å². The molecule has 0 bridgehead atoms. The van der Waals surface area contributed by atoms with Gasteiger partial charge < -0.3 is 9.47 Å². The number of methoxy groups -OCH3 is 1. The van der Waals surface area contributed by atoms with Gasteiger partial charge in [0.15, 0.2) is 10.1 Å². The molecule has 96 valence electrons. The molecule has 0 aromatic heterocycles. The maximum absolute atomic E-state index is 11.8. The Kier molecular flexibility index (Phi) is 3.65. The van der Waals surface area contributed by atoms with Crippen molar-refractivity contribution in [1.82, 2.24) is 0 Å². The zero-order valence-electron chi connectivity index (χ0n) is 9.31. The van der Waals surface area contributed by atoms with Gasteiger partial charge in [-0.15, -0.1) is 11.8 Å². The molecular formula is C10H12Cl2O4S. The molecule has 1 aliphatic carbocycles. The van der Waals surface area contributed by atoms with Crippen LogP contribution in [0.15, 0.2) is 0 Å². The molecule has 4 nitrogen and oxygen atoms in total. The summed E-state index contributed by atoms with van der Waals surface area (Å²) in [4.78, 5) is 23.6. The molecule has 7 heteroatoms. The summed E-state index contributed by atoms with van der Waals surface area (Å²) in [6.07, 6.45) is 0. The number of hydrogen-bond donors (Lipinski definition) is 0. The van der Waals surface area contributed by atoms with E-state index in [1.54, 1.807) is 6.92 Å². The SMILES string of the molecule is CCOC(=O)[C@@H]1[C@H]2C(=O)C(Cl)(Cl)[C@H]2S[C@@H]1OC. The van der Waals surface area contributed by atoms with Gasteiger partial charge in [0, 0.05) is 7.11 Å². The second-order valence-electron chi connectivity index (χ2n) is 3.95. The molecule has 4 atom stereocenters. The third-order valence-electron chi connectivity index (χ3n) is 3.07. The first-order valence-corrected chi connectivity index (χ1v) is 6.92. The lowest BCUT2D eigenvalue weighted by molar-refractivity contribution is -0.157. The average molecular weight is 299 g/mol. The molecule has 2 fully saturated rings. The Bertz CT molecular complexity index is 360. The molecular weight excluding hydrogens is 287 g/mol. The number of alkyl halides is 2. The summed E-state index contributed by atoms with van der Waals surface area (Å²) in [6, 6.07) is 0. The van der Waals surface area contributed by atoms with Crippen LogP contribution in [0, 0.1) is 11.8 Å². The number of esters is 1. The molecule has 2 rings (SSSR count). The zero-order chi connectivity index (χ0) is 12.8. The van der Waals surface area contributed by atoms with E-state index in [0.717, 1.165) is 0 Å². The highest BCUT2D eigenvalue weighted by atomic mass is 35.5. The van der Waals surface area contributed by atoms with Gasteiger partial charge in [-0.1, -0.05) is 23.2 Å². The minimum absolute atomic E-state index is 0.273. The van der Waals surface area contributed by atoms with Crippen LogP contribution >= 0.6 is 35.0 Å². The average Bonchev–Trinajstić information content (AvgIpc) is 2.66. The fourth-order valence-electron chi connectivity index (χ4n) is 2.25. The van der Waals surface area contributed by atoms with Gasteiger partial charge in [0.25, 0.3) is 0 Å². The molecule has 0 radical (unpaired) electrons. The van der Waals surface area contributed by atoms with Crippen LogP contribution in [0.5, 0.6) is 0 Å². The Labute approximate surface area is 113 Å². The maximum atomic E-state index is 11.8. The molecule has 0 spiro atoms. The molecule has 1 saturated heterocycles. The highest BCUT2D eigenvalue weighted by Gasteiger charge is 2.70. The molecule has 1 aliphatic heterocycles. The van der Waals surface area contributed by atoms with Gasteiger partial charge >= 0.3 is 5.97 Å². The predicted octanol–water partition coefficient (Wildman–Crippen LogP) is 1.63. The van der Waals surface area contributed by atoms with Crippen LogP contribution in [0.25, 0.3) is 0 Å². The maximum Gasteiger partial charge on any atom is 0.313 e. The van der Waals surface area contributed by atoms with E-state index < -0.39 is 27.6 Å². The smallest absolute Gasteiger partial charge is 0.313 e. The quantitative estimate of drug-likeness (QED) is 0.585. The molecule has 0 aromatic carbocycles. The van der Waals surface area contributed by atoms with Crippen LogP contribution in [0.3, 0.4) is 0 Å². The Morgan fingerprint density at radius 3 is 2.71 bits per heavy atom. The van der Waals surface area contributed by atoms with Crippen LogP contribution < -0.4 is 0 Å². The lowest BCUT2D eigenvalue weighted by Crippen LogP contribution is -2.59. The third kappa shape index (κ3) is 1.87. The van der Waals surface area contributed by atoms with Gasteiger partial charge in [-0.2, -0.15) is 0 Å². The van der Waals surface area contributed by atoms with Gasteiger partial charge in [0.1, 0.15) is 11.4 Å². The first-order valence-electron chi connectivity index (χ1n) is 5.22. The number of Topliss-reactive ketones (excluding diaryl/α,β-unsaturated/α-hetero) is 1. The number of ether oxygens (including phenoxy) is 2. The molecule has 17 heavy (non-hydrogen) atoms. The molecule has 2 aliphatic rings. The highest BCUT2D eigenvalue weighted by molar-refractivity contribution is 8.01. The predicted molar refractivity (Wildman–Crippen MR) is 65.2 cm³/mol. The molecule has 1 heterocycles. The molecule has 1 saturated carbocycles. The lowest BCUT2D eigenvalue weighted by Gasteiger charge is -2.41. The van der Waals surface area contributed by atoms with E-state index in [4.69, 9.17) is 32.7 Å². The van der Waals surface area contributed by atoms with Crippen molar-refractivity contribution in [2.24, 2.45) is 11.8 Å². The Balaban J connectivity index is 2.20. The standard InChI is InChI=1S/C10H12Cl2O4S/c1-3-16-8(14)5-4-6(13)10(11,12)7(4)17-9(5)15-2/h4-5,7,9H,3H2,1-2H3/t4-,5-,7-,9-/m0/s1. The van der Waals surface area contributed by atoms with Gasteiger partial charge in [-0.05, 0) is 6.92 Å². The van der Waals surface area contributed by atoms with Gasteiger partial charge in [-0.25, -0.2) is 0 Å². The minimum atomic E-state index is -1.40. The zero-order valence-corrected chi connectivity index (χ0v) is 11.6. The van der Waals surface area contributed by atoms with E-state index in [1.807, 2.05) is 0 Å². The summed E-state index contributed by atoms with van der Waals surface area (Å²) in [5, 5.41) is -0.294. The van der Waals surface area contributed by atoms with E-state index in [-0.39, 0.29) is 17.6 Å². The van der Waals surface area contributed by atoms with Crippen molar-refractivity contribution in [3.8, 4) is 0 Å². The number of rotatable bonds is 3. The van der Waals surface area contributed by atoms with Gasteiger partial charge in [0.05, 0.1) is 17.8 Å². The topological polar surface area (TPSA) is 52.6 Å². The summed E-state index contributed by atoms with van der Waals surface area (Å²) >= 11 is 13.2. The summed E-state index contributed by atoms with van der Waals surface area (Å²) in [5.41, 5.74) is -0.424. The minimum Gasteiger partial charge on any atom is -0.466 e. The summed E-state index contributed by atoms with van der Waals surface area (Å²) < 4.78 is 8.77. The first kappa shape index (κ1) is 13.5. The number of ketones is 1. The molecule has 0 unspecified atom stereocenters.